The molecule has 1 amide bonds. The Hall–Kier alpha value is -3.28. The zero-order chi connectivity index (χ0) is 25.9. The van der Waals surface area contributed by atoms with Gasteiger partial charge in [0.2, 0.25) is 10.0 Å². The molecule has 11 heteroatoms. The molecule has 0 aliphatic carbocycles. The Morgan fingerprint density at radius 3 is 2.03 bits per heavy atom. The summed E-state index contributed by atoms with van der Waals surface area (Å²) in [5.74, 6) is -0.994. The van der Waals surface area contributed by atoms with E-state index in [1.54, 1.807) is 13.0 Å². The Balaban J connectivity index is 1.49. The fraction of sp³-hybridized carbons (Fsp3) is 0.240. The molecule has 8 nitrogen and oxygen atoms in total. The van der Waals surface area contributed by atoms with Crippen molar-refractivity contribution in [2.24, 2.45) is 0 Å². The first-order valence-corrected chi connectivity index (χ1v) is 14.3. The van der Waals surface area contributed by atoms with Crippen molar-refractivity contribution in [1.29, 1.82) is 0 Å². The number of nitrogens with zero attached hydrogens (tertiary/aromatic N) is 1. The van der Waals surface area contributed by atoms with Crippen LogP contribution in [0.4, 0.5) is 15.8 Å². The largest absolute Gasteiger partial charge is 0.322 e. The Kier molecular flexibility index (Phi) is 7.43. The fourth-order valence-corrected chi connectivity index (χ4v) is 6.51. The van der Waals surface area contributed by atoms with E-state index in [4.69, 9.17) is 0 Å². The Morgan fingerprint density at radius 1 is 0.806 bits per heavy atom. The molecule has 0 saturated carbocycles. The van der Waals surface area contributed by atoms with Crippen LogP contribution in [0.1, 0.15) is 35.2 Å². The lowest BCUT2D eigenvalue weighted by atomic mass is 10.1. The third-order valence-electron chi connectivity index (χ3n) is 5.93. The van der Waals surface area contributed by atoms with E-state index >= 15 is 0 Å². The normalized spacial score (nSPS) is 14.8. The number of hydrogen-bond acceptors (Lipinski definition) is 5. The van der Waals surface area contributed by atoms with Crippen LogP contribution in [-0.4, -0.2) is 40.1 Å². The summed E-state index contributed by atoms with van der Waals surface area (Å²) in [5, 5.41) is 2.69. The number of rotatable bonds is 7. The average molecular weight is 532 g/mol. The van der Waals surface area contributed by atoms with Crippen molar-refractivity contribution in [3.05, 3.63) is 83.7 Å². The van der Waals surface area contributed by atoms with Crippen LogP contribution in [0.25, 0.3) is 0 Å². The smallest absolute Gasteiger partial charge is 0.261 e. The number of nitrogens with one attached hydrogen (secondary N) is 2. The van der Waals surface area contributed by atoms with Gasteiger partial charge in [-0.05, 0) is 86.0 Å². The molecule has 190 valence electrons. The summed E-state index contributed by atoms with van der Waals surface area (Å²) in [4.78, 5) is 13.0. The van der Waals surface area contributed by atoms with E-state index in [2.05, 4.69) is 10.0 Å². The Bertz CT molecular complexity index is 1470. The number of halogens is 1. The molecule has 4 rings (SSSR count). The van der Waals surface area contributed by atoms with Gasteiger partial charge in [-0.15, -0.1) is 0 Å². The second kappa shape index (κ2) is 10.4. The molecule has 3 aromatic rings. The summed E-state index contributed by atoms with van der Waals surface area (Å²) in [6, 6.07) is 14.9. The minimum Gasteiger partial charge on any atom is -0.322 e. The molecule has 0 radical (unpaired) electrons. The summed E-state index contributed by atoms with van der Waals surface area (Å²) in [7, 11) is -7.62. The van der Waals surface area contributed by atoms with E-state index in [0.717, 1.165) is 31.4 Å². The third kappa shape index (κ3) is 5.75. The molecule has 36 heavy (non-hydrogen) atoms. The number of carbonyl (C=O) groups excluding carboxylic acids is 1. The van der Waals surface area contributed by atoms with Crippen LogP contribution in [0.2, 0.25) is 0 Å². The molecule has 1 aliphatic rings. The topological polar surface area (TPSA) is 113 Å². The maximum atomic E-state index is 13.1. The molecule has 2 N–H and O–H groups in total. The fourth-order valence-electron chi connectivity index (χ4n) is 3.91. The van der Waals surface area contributed by atoms with E-state index in [1.165, 1.54) is 52.8 Å². The van der Waals surface area contributed by atoms with Crippen LogP contribution in [0, 0.1) is 12.7 Å². The van der Waals surface area contributed by atoms with Gasteiger partial charge in [-0.3, -0.25) is 9.52 Å². The van der Waals surface area contributed by atoms with Crippen molar-refractivity contribution >= 4 is 37.3 Å². The zero-order valence-electron chi connectivity index (χ0n) is 19.6. The van der Waals surface area contributed by atoms with Crippen molar-refractivity contribution < 1.29 is 26.0 Å². The highest BCUT2D eigenvalue weighted by Crippen LogP contribution is 2.24. The predicted octanol–water partition coefficient (Wildman–Crippen LogP) is 4.36. The quantitative estimate of drug-likeness (QED) is 0.470. The van der Waals surface area contributed by atoms with Gasteiger partial charge in [0.1, 0.15) is 5.82 Å². The maximum absolute atomic E-state index is 13.1. The van der Waals surface area contributed by atoms with Crippen molar-refractivity contribution in [2.75, 3.05) is 23.1 Å². The van der Waals surface area contributed by atoms with Crippen LogP contribution in [0.5, 0.6) is 0 Å². The van der Waals surface area contributed by atoms with E-state index < -0.39 is 31.8 Å². The minimum atomic E-state index is -3.92. The summed E-state index contributed by atoms with van der Waals surface area (Å²) in [6.07, 6.45) is 2.61. The highest BCUT2D eigenvalue weighted by atomic mass is 32.2. The van der Waals surface area contributed by atoms with Crippen molar-refractivity contribution in [3.8, 4) is 0 Å². The number of benzene rings is 3. The average Bonchev–Trinajstić information content (AvgIpc) is 2.86. The van der Waals surface area contributed by atoms with Gasteiger partial charge in [0.05, 0.1) is 9.79 Å². The molecule has 1 saturated heterocycles. The second-order valence-corrected chi connectivity index (χ2v) is 12.2. The lowest BCUT2D eigenvalue weighted by Gasteiger charge is -2.26. The molecule has 0 bridgehead atoms. The highest BCUT2D eigenvalue weighted by Gasteiger charge is 2.27. The van der Waals surface area contributed by atoms with Gasteiger partial charge in [-0.1, -0.05) is 12.5 Å². The number of carbonyl (C=O) groups is 1. The molecule has 0 spiro atoms. The molecular weight excluding hydrogens is 505 g/mol. The van der Waals surface area contributed by atoms with Crippen LogP contribution in [0.15, 0.2) is 76.5 Å². The monoisotopic (exact) mass is 531 g/mol. The molecule has 1 heterocycles. The van der Waals surface area contributed by atoms with Gasteiger partial charge >= 0.3 is 0 Å². The molecule has 1 aliphatic heterocycles. The molecule has 1 fully saturated rings. The predicted molar refractivity (Wildman–Crippen MR) is 135 cm³/mol. The number of piperidine rings is 1. The number of sulfonamides is 2. The maximum Gasteiger partial charge on any atom is 0.261 e. The van der Waals surface area contributed by atoms with Gasteiger partial charge in [0.25, 0.3) is 15.9 Å². The van der Waals surface area contributed by atoms with Crippen LogP contribution < -0.4 is 10.0 Å². The van der Waals surface area contributed by atoms with E-state index in [0.29, 0.717) is 24.3 Å². The summed E-state index contributed by atoms with van der Waals surface area (Å²) >= 11 is 0. The van der Waals surface area contributed by atoms with Gasteiger partial charge in [0, 0.05) is 30.0 Å². The van der Waals surface area contributed by atoms with Gasteiger partial charge in [-0.2, -0.15) is 4.31 Å². The SMILES string of the molecule is Cc1ccc(S(=O)(=O)N2CCCCC2)cc1C(=O)Nc1ccc(S(=O)(=O)Nc2ccc(F)cc2)cc1. The number of hydrogen-bond donors (Lipinski definition) is 2. The first kappa shape index (κ1) is 25.8. The number of amides is 1. The minimum absolute atomic E-state index is 0.0457. The first-order valence-electron chi connectivity index (χ1n) is 11.4. The van der Waals surface area contributed by atoms with Crippen molar-refractivity contribution in [2.45, 2.75) is 36.0 Å². The number of anilines is 2. The summed E-state index contributed by atoms with van der Waals surface area (Å²) < 4.78 is 68.1. The second-order valence-electron chi connectivity index (χ2n) is 8.53. The lowest BCUT2D eigenvalue weighted by molar-refractivity contribution is 0.102. The van der Waals surface area contributed by atoms with Gasteiger partial charge in [-0.25, -0.2) is 21.2 Å². The molecule has 0 atom stereocenters. The third-order valence-corrected chi connectivity index (χ3v) is 9.22. The van der Waals surface area contributed by atoms with E-state index in [9.17, 15) is 26.0 Å². The molecule has 0 aromatic heterocycles. The van der Waals surface area contributed by atoms with Crippen LogP contribution >= 0.6 is 0 Å². The molecule has 3 aromatic carbocycles. The summed E-state index contributed by atoms with van der Waals surface area (Å²) in [5.41, 5.74) is 1.36. The zero-order valence-corrected chi connectivity index (χ0v) is 21.2. The standard InChI is InChI=1S/C25H26FN3O5S2/c1-18-5-12-23(36(33,34)29-15-3-2-4-16-29)17-24(18)25(30)27-20-10-13-22(14-11-20)35(31,32)28-21-8-6-19(26)7-9-21/h5-14,17,28H,2-4,15-16H2,1H3,(H,27,30). The van der Waals surface area contributed by atoms with Gasteiger partial charge in [0.15, 0.2) is 0 Å². The van der Waals surface area contributed by atoms with E-state index in [-0.39, 0.29) is 21.0 Å². The van der Waals surface area contributed by atoms with Crippen molar-refractivity contribution in [3.63, 3.8) is 0 Å². The van der Waals surface area contributed by atoms with Crippen molar-refractivity contribution in [1.82, 2.24) is 4.31 Å². The number of aryl methyl sites for hydroxylation is 1. The van der Waals surface area contributed by atoms with Crippen LogP contribution in [-0.2, 0) is 20.0 Å². The molecule has 0 unspecified atom stereocenters. The van der Waals surface area contributed by atoms with Gasteiger partial charge < -0.3 is 5.32 Å². The summed E-state index contributed by atoms with van der Waals surface area (Å²) in [6.45, 7) is 2.63. The molecular formula is C25H26FN3O5S2. The van der Waals surface area contributed by atoms with Crippen LogP contribution in [0.3, 0.4) is 0 Å². The highest BCUT2D eigenvalue weighted by molar-refractivity contribution is 7.92. The Labute approximate surface area is 210 Å². The lowest BCUT2D eigenvalue weighted by Crippen LogP contribution is -2.35. The Morgan fingerprint density at radius 2 is 1.39 bits per heavy atom. The van der Waals surface area contributed by atoms with E-state index in [1.807, 2.05) is 0 Å². The first-order chi connectivity index (χ1) is 17.1.